The van der Waals surface area contributed by atoms with Gasteiger partial charge in [-0.25, -0.2) is 8.78 Å². The van der Waals surface area contributed by atoms with E-state index in [0.717, 1.165) is 12.1 Å². The summed E-state index contributed by atoms with van der Waals surface area (Å²) in [5, 5.41) is -0.00665. The minimum atomic E-state index is -1.04. The molecule has 0 saturated carbocycles. The Morgan fingerprint density at radius 1 is 0.939 bits per heavy atom. The van der Waals surface area contributed by atoms with E-state index in [-0.39, 0.29) is 41.2 Å². The highest BCUT2D eigenvalue weighted by atomic mass is 19.1. The van der Waals surface area contributed by atoms with Gasteiger partial charge in [0.25, 0.3) is 5.91 Å². The first-order chi connectivity index (χ1) is 16.0. The van der Waals surface area contributed by atoms with E-state index in [9.17, 15) is 18.4 Å². The fraction of sp³-hybridized carbons (Fsp3) is 0.120. The van der Waals surface area contributed by atoms with E-state index in [0.29, 0.717) is 17.1 Å². The number of rotatable bonds is 3. The van der Waals surface area contributed by atoms with Gasteiger partial charge in [0.1, 0.15) is 17.2 Å². The number of hydrogen-bond donors (Lipinski definition) is 0. The molecule has 3 heterocycles. The summed E-state index contributed by atoms with van der Waals surface area (Å²) in [5.74, 6) is -0.788. The SMILES string of the molecule is O=C1c2oc3ccc(F)cc3c(=O)c2[C@H](c2ccccc2F)N1Cc1ccc2c(c1)OCO2. The van der Waals surface area contributed by atoms with Gasteiger partial charge in [0.2, 0.25) is 12.6 Å². The Labute approximate surface area is 185 Å². The molecule has 164 valence electrons. The lowest BCUT2D eigenvalue weighted by molar-refractivity contribution is 0.0712. The fourth-order valence-electron chi connectivity index (χ4n) is 4.41. The number of hydrogen-bond acceptors (Lipinski definition) is 5. The van der Waals surface area contributed by atoms with E-state index in [2.05, 4.69) is 0 Å². The summed E-state index contributed by atoms with van der Waals surface area (Å²) < 4.78 is 45.3. The fourth-order valence-corrected chi connectivity index (χ4v) is 4.41. The molecule has 1 aromatic heterocycles. The zero-order valence-corrected chi connectivity index (χ0v) is 17.0. The highest BCUT2D eigenvalue weighted by Crippen LogP contribution is 2.41. The molecule has 2 aliphatic rings. The Kier molecular flexibility index (Phi) is 4.23. The average Bonchev–Trinajstić information content (AvgIpc) is 3.38. The zero-order chi connectivity index (χ0) is 22.7. The number of benzene rings is 3. The number of amides is 1. The van der Waals surface area contributed by atoms with Crippen molar-refractivity contribution in [2.24, 2.45) is 0 Å². The molecule has 0 saturated heterocycles. The summed E-state index contributed by atoms with van der Waals surface area (Å²) in [5.41, 5.74) is 0.355. The number of nitrogens with zero attached hydrogens (tertiary/aromatic N) is 1. The molecule has 3 aromatic carbocycles. The highest BCUT2D eigenvalue weighted by molar-refractivity contribution is 5.99. The minimum absolute atomic E-state index is 0.00665. The molecule has 0 unspecified atom stereocenters. The van der Waals surface area contributed by atoms with Crippen LogP contribution in [0.25, 0.3) is 11.0 Å². The second-order valence-corrected chi connectivity index (χ2v) is 7.86. The number of ether oxygens (including phenoxy) is 2. The monoisotopic (exact) mass is 447 g/mol. The molecule has 6 nitrogen and oxygen atoms in total. The molecular weight excluding hydrogens is 432 g/mol. The second kappa shape index (κ2) is 7.16. The lowest BCUT2D eigenvalue weighted by Gasteiger charge is -2.25. The predicted octanol–water partition coefficient (Wildman–Crippen LogP) is 4.55. The molecule has 0 N–H and O–H groups in total. The van der Waals surface area contributed by atoms with Crippen molar-refractivity contribution in [3.8, 4) is 11.5 Å². The van der Waals surface area contributed by atoms with Gasteiger partial charge in [-0.1, -0.05) is 24.3 Å². The largest absolute Gasteiger partial charge is 0.454 e. The van der Waals surface area contributed by atoms with Gasteiger partial charge in [-0.3, -0.25) is 9.59 Å². The molecule has 33 heavy (non-hydrogen) atoms. The smallest absolute Gasteiger partial charge is 0.291 e. The molecule has 0 fully saturated rings. The summed E-state index contributed by atoms with van der Waals surface area (Å²) in [7, 11) is 0. The van der Waals surface area contributed by atoms with Gasteiger partial charge in [0.15, 0.2) is 16.9 Å². The van der Waals surface area contributed by atoms with Crippen molar-refractivity contribution in [2.75, 3.05) is 6.79 Å². The molecule has 2 aliphatic heterocycles. The summed E-state index contributed by atoms with van der Waals surface area (Å²) in [6.07, 6.45) is 0. The predicted molar refractivity (Wildman–Crippen MR) is 113 cm³/mol. The molecule has 0 radical (unpaired) electrons. The Morgan fingerprint density at radius 3 is 2.61 bits per heavy atom. The minimum Gasteiger partial charge on any atom is -0.454 e. The van der Waals surface area contributed by atoms with Crippen molar-refractivity contribution < 1.29 is 27.5 Å². The van der Waals surface area contributed by atoms with Crippen molar-refractivity contribution in [3.63, 3.8) is 0 Å². The van der Waals surface area contributed by atoms with Gasteiger partial charge in [0.05, 0.1) is 17.0 Å². The van der Waals surface area contributed by atoms with Crippen LogP contribution in [0.1, 0.15) is 33.3 Å². The van der Waals surface area contributed by atoms with E-state index in [1.165, 1.54) is 29.2 Å². The van der Waals surface area contributed by atoms with Crippen LogP contribution < -0.4 is 14.9 Å². The van der Waals surface area contributed by atoms with Crippen LogP contribution in [0.2, 0.25) is 0 Å². The summed E-state index contributed by atoms with van der Waals surface area (Å²) in [6, 6.07) is 13.6. The van der Waals surface area contributed by atoms with Crippen molar-refractivity contribution in [2.45, 2.75) is 12.6 Å². The molecule has 1 amide bonds. The van der Waals surface area contributed by atoms with E-state index in [1.807, 2.05) is 0 Å². The van der Waals surface area contributed by atoms with Crippen LogP contribution in [-0.4, -0.2) is 17.6 Å². The molecule has 0 aliphatic carbocycles. The number of halogens is 2. The molecule has 8 heteroatoms. The number of fused-ring (bicyclic) bond motifs is 3. The van der Waals surface area contributed by atoms with Crippen molar-refractivity contribution >= 4 is 16.9 Å². The summed E-state index contributed by atoms with van der Waals surface area (Å²) in [6.45, 7) is 0.162. The van der Waals surface area contributed by atoms with Gasteiger partial charge in [-0.2, -0.15) is 0 Å². The Balaban J connectivity index is 1.54. The van der Waals surface area contributed by atoms with Gasteiger partial charge in [-0.05, 0) is 42.0 Å². The third-order valence-corrected chi connectivity index (χ3v) is 5.92. The maximum Gasteiger partial charge on any atom is 0.291 e. The maximum atomic E-state index is 14.9. The quantitative estimate of drug-likeness (QED) is 0.461. The van der Waals surface area contributed by atoms with Gasteiger partial charge < -0.3 is 18.8 Å². The molecule has 0 spiro atoms. The summed E-state index contributed by atoms with van der Waals surface area (Å²) >= 11 is 0. The molecule has 0 bridgehead atoms. The van der Waals surface area contributed by atoms with Gasteiger partial charge in [0, 0.05) is 12.1 Å². The highest BCUT2D eigenvalue weighted by Gasteiger charge is 2.43. The molecule has 4 aromatic rings. The van der Waals surface area contributed by atoms with E-state index in [4.69, 9.17) is 13.9 Å². The number of carbonyl (C=O) groups excluding carboxylic acids is 1. The second-order valence-electron chi connectivity index (χ2n) is 7.86. The van der Waals surface area contributed by atoms with Gasteiger partial charge in [-0.15, -0.1) is 0 Å². The first kappa shape index (κ1) is 19.5. The normalized spacial score (nSPS) is 16.5. The average molecular weight is 447 g/mol. The lowest BCUT2D eigenvalue weighted by atomic mass is 9.97. The molecular formula is C25H15F2NO5. The van der Waals surface area contributed by atoms with Crippen LogP contribution in [0.4, 0.5) is 8.78 Å². The summed E-state index contributed by atoms with van der Waals surface area (Å²) in [4.78, 5) is 28.2. The van der Waals surface area contributed by atoms with Crippen LogP contribution in [0, 0.1) is 11.6 Å². The third kappa shape index (κ3) is 2.98. The van der Waals surface area contributed by atoms with Crippen molar-refractivity contribution in [1.29, 1.82) is 0 Å². The van der Waals surface area contributed by atoms with Crippen LogP contribution in [0.5, 0.6) is 11.5 Å². The van der Waals surface area contributed by atoms with Crippen molar-refractivity contribution in [3.05, 3.63) is 105 Å². The van der Waals surface area contributed by atoms with E-state index >= 15 is 0 Å². The van der Waals surface area contributed by atoms with Crippen molar-refractivity contribution in [1.82, 2.24) is 4.90 Å². The van der Waals surface area contributed by atoms with Crippen LogP contribution >= 0.6 is 0 Å². The lowest BCUT2D eigenvalue weighted by Crippen LogP contribution is -2.29. The topological polar surface area (TPSA) is 69.0 Å². The van der Waals surface area contributed by atoms with Crippen LogP contribution in [0.3, 0.4) is 0 Å². The molecule has 6 rings (SSSR count). The standard InChI is InChI=1S/C25H15F2NO5/c26-14-6-8-18-16(10-14)23(29)21-22(15-3-1-2-4-17(15)27)28(25(30)24(21)33-18)11-13-5-7-19-20(9-13)32-12-31-19/h1-10,22H,11-12H2/t22-/m0/s1. The zero-order valence-electron chi connectivity index (χ0n) is 17.0. The maximum absolute atomic E-state index is 14.9. The first-order valence-electron chi connectivity index (χ1n) is 10.2. The van der Waals surface area contributed by atoms with E-state index < -0.39 is 29.0 Å². The Hall–Kier alpha value is -4.20. The first-order valence-corrected chi connectivity index (χ1v) is 10.2. The number of carbonyl (C=O) groups is 1. The van der Waals surface area contributed by atoms with Gasteiger partial charge >= 0.3 is 0 Å². The Morgan fingerprint density at radius 2 is 1.76 bits per heavy atom. The van der Waals surface area contributed by atoms with Crippen LogP contribution in [-0.2, 0) is 6.54 Å². The Bertz CT molecular complexity index is 1510. The van der Waals surface area contributed by atoms with Crippen LogP contribution in [0.15, 0.2) is 69.9 Å². The molecule has 1 atom stereocenters. The third-order valence-electron chi connectivity index (χ3n) is 5.92. The van der Waals surface area contributed by atoms with E-state index in [1.54, 1.807) is 24.3 Å².